The molecule has 0 aliphatic carbocycles. The molecule has 0 spiro atoms. The molecule has 0 saturated carbocycles. The Morgan fingerprint density at radius 3 is 1.96 bits per heavy atom. The van der Waals surface area contributed by atoms with Crippen molar-refractivity contribution in [3.05, 3.63) is 90.0 Å². The Morgan fingerprint density at radius 1 is 0.679 bits per heavy atom. The lowest BCUT2D eigenvalue weighted by molar-refractivity contribution is 0.0687. The first kappa shape index (κ1) is 19.0. The summed E-state index contributed by atoms with van der Waals surface area (Å²) in [7, 11) is 0. The van der Waals surface area contributed by atoms with Crippen LogP contribution in [-0.4, -0.2) is 30.3 Å². The minimum atomic E-state index is -1.09. The number of benzene rings is 3. The smallest absolute Gasteiger partial charge is 0.343 e. The fourth-order valence-electron chi connectivity index (χ4n) is 2.41. The van der Waals surface area contributed by atoms with Gasteiger partial charge in [0.25, 0.3) is 0 Å². The lowest BCUT2D eigenvalue weighted by atomic mass is 10.2. The van der Waals surface area contributed by atoms with Gasteiger partial charge in [-0.3, -0.25) is 0 Å². The van der Waals surface area contributed by atoms with E-state index < -0.39 is 11.9 Å². The van der Waals surface area contributed by atoms with Gasteiger partial charge in [-0.15, -0.1) is 0 Å². The highest BCUT2D eigenvalue weighted by Gasteiger charge is 2.11. The first-order chi connectivity index (χ1) is 13.6. The minimum Gasteiger partial charge on any atom is -0.490 e. The van der Waals surface area contributed by atoms with E-state index in [9.17, 15) is 9.59 Å². The molecule has 0 aliphatic heterocycles. The normalized spacial score (nSPS) is 10.1. The van der Waals surface area contributed by atoms with Crippen molar-refractivity contribution < 1.29 is 28.9 Å². The van der Waals surface area contributed by atoms with Crippen LogP contribution in [0.2, 0.25) is 0 Å². The molecule has 6 nitrogen and oxygen atoms in total. The van der Waals surface area contributed by atoms with Crippen LogP contribution in [0.1, 0.15) is 20.7 Å². The maximum Gasteiger partial charge on any atom is 0.343 e. The van der Waals surface area contributed by atoms with Crippen LogP contribution in [0.15, 0.2) is 78.9 Å². The Labute approximate surface area is 161 Å². The van der Waals surface area contributed by atoms with Gasteiger partial charge >= 0.3 is 11.9 Å². The largest absolute Gasteiger partial charge is 0.490 e. The van der Waals surface area contributed by atoms with Gasteiger partial charge in [-0.1, -0.05) is 30.3 Å². The summed E-state index contributed by atoms with van der Waals surface area (Å²) in [5, 5.41) is 9.01. The topological polar surface area (TPSA) is 82.1 Å². The van der Waals surface area contributed by atoms with Crippen LogP contribution in [0, 0.1) is 0 Å². The number of carbonyl (C=O) groups is 2. The highest BCUT2D eigenvalue weighted by Crippen LogP contribution is 2.18. The molecule has 0 bridgehead atoms. The maximum absolute atomic E-state index is 12.3. The molecule has 0 aliphatic rings. The zero-order valence-corrected chi connectivity index (χ0v) is 14.9. The molecule has 0 amide bonds. The summed E-state index contributed by atoms with van der Waals surface area (Å²) in [6, 6.07) is 21.7. The lowest BCUT2D eigenvalue weighted by Gasteiger charge is -2.10. The molecule has 0 fully saturated rings. The fraction of sp³-hybridized carbons (Fsp3) is 0.0909. The second-order valence-corrected chi connectivity index (χ2v) is 5.76. The van der Waals surface area contributed by atoms with Crippen molar-refractivity contribution in [3.8, 4) is 17.2 Å². The standard InChI is InChI=1S/C22H18O6/c23-21(24)16-6-4-11-20(14-16)28-22(25)17-7-5-10-19(15-17)27-13-12-26-18-8-2-1-3-9-18/h1-11,14-15H,12-13H2,(H,23,24). The van der Waals surface area contributed by atoms with Gasteiger partial charge in [0.1, 0.15) is 30.5 Å². The molecule has 0 radical (unpaired) electrons. The number of ether oxygens (including phenoxy) is 3. The van der Waals surface area contributed by atoms with Crippen molar-refractivity contribution in [2.24, 2.45) is 0 Å². The van der Waals surface area contributed by atoms with Gasteiger partial charge in [0.15, 0.2) is 0 Å². The molecule has 0 saturated heterocycles. The van der Waals surface area contributed by atoms with Gasteiger partial charge < -0.3 is 19.3 Å². The zero-order chi connectivity index (χ0) is 19.8. The quantitative estimate of drug-likeness (QED) is 0.362. The number of carbonyl (C=O) groups excluding carboxylic acids is 1. The third kappa shape index (κ3) is 5.35. The Morgan fingerprint density at radius 2 is 1.25 bits per heavy atom. The van der Waals surface area contributed by atoms with Crippen molar-refractivity contribution in [2.45, 2.75) is 0 Å². The monoisotopic (exact) mass is 378 g/mol. The van der Waals surface area contributed by atoms with Crippen LogP contribution in [0.3, 0.4) is 0 Å². The number of rotatable bonds is 8. The van der Waals surface area contributed by atoms with Gasteiger partial charge in [0, 0.05) is 0 Å². The first-order valence-electron chi connectivity index (χ1n) is 8.58. The van der Waals surface area contributed by atoms with Gasteiger partial charge in [0.05, 0.1) is 11.1 Å². The summed E-state index contributed by atoms with van der Waals surface area (Å²) in [5.41, 5.74) is 0.336. The molecule has 0 unspecified atom stereocenters. The van der Waals surface area contributed by atoms with Gasteiger partial charge in [-0.25, -0.2) is 9.59 Å². The highest BCUT2D eigenvalue weighted by atomic mass is 16.5. The summed E-state index contributed by atoms with van der Waals surface area (Å²) in [6.07, 6.45) is 0. The molecule has 142 valence electrons. The molecule has 3 aromatic rings. The van der Waals surface area contributed by atoms with E-state index in [1.165, 1.54) is 24.3 Å². The number of esters is 1. The first-order valence-corrected chi connectivity index (χ1v) is 8.58. The predicted octanol–water partition coefficient (Wildman–Crippen LogP) is 4.06. The lowest BCUT2D eigenvalue weighted by Crippen LogP contribution is -2.11. The number of hydrogen-bond acceptors (Lipinski definition) is 5. The molecule has 6 heteroatoms. The third-order valence-electron chi connectivity index (χ3n) is 3.73. The average Bonchev–Trinajstić information content (AvgIpc) is 2.72. The van der Waals surface area contributed by atoms with E-state index in [1.54, 1.807) is 24.3 Å². The highest BCUT2D eigenvalue weighted by molar-refractivity contribution is 5.92. The summed E-state index contributed by atoms with van der Waals surface area (Å²) in [6.45, 7) is 0.675. The summed E-state index contributed by atoms with van der Waals surface area (Å²) in [5.74, 6) is -0.274. The van der Waals surface area contributed by atoms with E-state index in [0.717, 1.165) is 5.75 Å². The molecule has 0 atom stereocenters. The molecule has 1 N–H and O–H groups in total. The van der Waals surface area contributed by atoms with Gasteiger partial charge in [-0.2, -0.15) is 0 Å². The van der Waals surface area contributed by atoms with Crippen molar-refractivity contribution in [1.82, 2.24) is 0 Å². The summed E-state index contributed by atoms with van der Waals surface area (Å²) >= 11 is 0. The number of aromatic carboxylic acids is 1. The molecular weight excluding hydrogens is 360 g/mol. The number of carboxylic acids is 1. The van der Waals surface area contributed by atoms with E-state index in [4.69, 9.17) is 19.3 Å². The van der Waals surface area contributed by atoms with E-state index in [-0.39, 0.29) is 11.3 Å². The van der Waals surface area contributed by atoms with Crippen molar-refractivity contribution in [3.63, 3.8) is 0 Å². The van der Waals surface area contributed by atoms with Crippen LogP contribution in [0.25, 0.3) is 0 Å². The van der Waals surface area contributed by atoms with E-state index >= 15 is 0 Å². The predicted molar refractivity (Wildman–Crippen MR) is 102 cm³/mol. The van der Waals surface area contributed by atoms with Crippen LogP contribution in [0.4, 0.5) is 0 Å². The van der Waals surface area contributed by atoms with Crippen molar-refractivity contribution >= 4 is 11.9 Å². The minimum absolute atomic E-state index is 0.0424. The number of carboxylic acid groups (broad SMARTS) is 1. The molecule has 28 heavy (non-hydrogen) atoms. The van der Waals surface area contributed by atoms with Crippen LogP contribution in [-0.2, 0) is 0 Å². The molecule has 3 rings (SSSR count). The second kappa shape index (κ2) is 9.23. The van der Waals surface area contributed by atoms with Crippen LogP contribution < -0.4 is 14.2 Å². The number of para-hydroxylation sites is 1. The Bertz CT molecular complexity index is 952. The van der Waals surface area contributed by atoms with Gasteiger partial charge in [-0.05, 0) is 48.5 Å². The van der Waals surface area contributed by atoms with Crippen LogP contribution in [0.5, 0.6) is 17.2 Å². The Balaban J connectivity index is 1.55. The SMILES string of the molecule is O=C(O)c1cccc(OC(=O)c2cccc(OCCOc3ccccc3)c2)c1. The second-order valence-electron chi connectivity index (χ2n) is 5.76. The van der Waals surface area contributed by atoms with Gasteiger partial charge in [0.2, 0.25) is 0 Å². The van der Waals surface area contributed by atoms with Crippen LogP contribution >= 0.6 is 0 Å². The van der Waals surface area contributed by atoms with E-state index in [0.29, 0.717) is 24.5 Å². The third-order valence-corrected chi connectivity index (χ3v) is 3.73. The summed E-state index contributed by atoms with van der Waals surface area (Å²) in [4.78, 5) is 23.3. The van der Waals surface area contributed by atoms with Crippen molar-refractivity contribution in [1.29, 1.82) is 0 Å². The van der Waals surface area contributed by atoms with Crippen molar-refractivity contribution in [2.75, 3.05) is 13.2 Å². The zero-order valence-electron chi connectivity index (χ0n) is 14.9. The summed E-state index contributed by atoms with van der Waals surface area (Å²) < 4.78 is 16.4. The van der Waals surface area contributed by atoms with E-state index in [2.05, 4.69) is 0 Å². The van der Waals surface area contributed by atoms with E-state index in [1.807, 2.05) is 30.3 Å². The molecule has 3 aromatic carbocycles. The Kier molecular flexibility index (Phi) is 6.25. The molecule has 0 heterocycles. The average molecular weight is 378 g/mol. The number of hydrogen-bond donors (Lipinski definition) is 1. The fourth-order valence-corrected chi connectivity index (χ4v) is 2.41. The Hall–Kier alpha value is -3.80. The molecular formula is C22H18O6. The molecule has 0 aromatic heterocycles. The maximum atomic E-state index is 12.3.